The normalized spacial score (nSPS) is 14.7. The fourth-order valence-corrected chi connectivity index (χ4v) is 1.35. The number of benzene rings is 1. The topological polar surface area (TPSA) is 43.1 Å². The molecular formula is C12H16FNO. The second-order valence-corrected chi connectivity index (χ2v) is 3.95. The average molecular weight is 209 g/mol. The lowest BCUT2D eigenvalue weighted by Gasteiger charge is -2.24. The van der Waals surface area contributed by atoms with E-state index in [1.165, 1.54) is 24.3 Å². The Morgan fingerprint density at radius 1 is 1.40 bits per heavy atom. The molecule has 0 bridgehead atoms. The van der Waals surface area contributed by atoms with Gasteiger partial charge in [0, 0.05) is 17.5 Å². The van der Waals surface area contributed by atoms with Crippen LogP contribution in [0.15, 0.2) is 24.3 Å². The van der Waals surface area contributed by atoms with Gasteiger partial charge in [0.25, 0.3) is 0 Å². The average Bonchev–Trinajstić information content (AvgIpc) is 2.28. The monoisotopic (exact) mass is 209 g/mol. The molecule has 0 aromatic heterocycles. The number of Topliss-reactive ketones (excluding diaryl/α,β-unsaturated/α-hetero) is 1. The molecule has 0 amide bonds. The van der Waals surface area contributed by atoms with Crippen LogP contribution in [0.2, 0.25) is 0 Å². The first-order valence-corrected chi connectivity index (χ1v) is 5.04. The van der Waals surface area contributed by atoms with E-state index in [4.69, 9.17) is 5.73 Å². The van der Waals surface area contributed by atoms with Crippen LogP contribution in [-0.4, -0.2) is 12.3 Å². The summed E-state index contributed by atoms with van der Waals surface area (Å²) in [6.45, 7) is 4.06. The summed E-state index contributed by atoms with van der Waals surface area (Å²) in [5, 5.41) is 0. The number of ketones is 1. The lowest BCUT2D eigenvalue weighted by atomic mass is 9.80. The number of nitrogens with two attached hydrogens (primary N) is 1. The molecule has 0 heterocycles. The van der Waals surface area contributed by atoms with Crippen LogP contribution in [0.5, 0.6) is 0 Å². The van der Waals surface area contributed by atoms with E-state index < -0.39 is 5.41 Å². The molecule has 0 aliphatic heterocycles. The second kappa shape index (κ2) is 4.53. The van der Waals surface area contributed by atoms with Crippen molar-refractivity contribution in [1.82, 2.24) is 0 Å². The lowest BCUT2D eigenvalue weighted by Crippen LogP contribution is -2.35. The van der Waals surface area contributed by atoms with Gasteiger partial charge in [-0.2, -0.15) is 0 Å². The second-order valence-electron chi connectivity index (χ2n) is 3.95. The number of hydrogen-bond donors (Lipinski definition) is 1. The summed E-state index contributed by atoms with van der Waals surface area (Å²) < 4.78 is 12.7. The third kappa shape index (κ3) is 2.42. The maximum Gasteiger partial charge on any atom is 0.169 e. The summed E-state index contributed by atoms with van der Waals surface area (Å²) in [6, 6.07) is 5.59. The fraction of sp³-hybridized carbons (Fsp3) is 0.417. The summed E-state index contributed by atoms with van der Waals surface area (Å²) in [5.74, 6) is -0.356. The van der Waals surface area contributed by atoms with Gasteiger partial charge in [0.05, 0.1) is 0 Å². The molecule has 2 nitrogen and oxygen atoms in total. The van der Waals surface area contributed by atoms with Crippen LogP contribution in [0.1, 0.15) is 30.6 Å². The maximum atomic E-state index is 12.7. The minimum Gasteiger partial charge on any atom is -0.329 e. The Morgan fingerprint density at radius 3 is 2.33 bits per heavy atom. The summed E-state index contributed by atoms with van der Waals surface area (Å²) in [5.41, 5.74) is 5.57. The smallest absolute Gasteiger partial charge is 0.169 e. The largest absolute Gasteiger partial charge is 0.329 e. The third-order valence-corrected chi connectivity index (χ3v) is 2.89. The molecule has 1 atom stereocenters. The Labute approximate surface area is 89.3 Å². The predicted octanol–water partition coefficient (Wildman–Crippen LogP) is 2.38. The third-order valence-electron chi connectivity index (χ3n) is 2.89. The zero-order valence-corrected chi connectivity index (χ0v) is 9.09. The Kier molecular flexibility index (Phi) is 3.58. The van der Waals surface area contributed by atoms with Crippen molar-refractivity contribution in [3.63, 3.8) is 0 Å². The minimum absolute atomic E-state index is 0.0208. The van der Waals surface area contributed by atoms with Gasteiger partial charge in [-0.25, -0.2) is 4.39 Å². The van der Waals surface area contributed by atoms with Gasteiger partial charge in [0.15, 0.2) is 5.78 Å². The Hall–Kier alpha value is -1.22. The standard InChI is InChI=1S/C12H16FNO/c1-3-12(2,8-14)11(15)9-4-6-10(13)7-5-9/h4-7H,3,8,14H2,1-2H3. The number of halogens is 1. The Bertz CT molecular complexity index is 341. The van der Waals surface area contributed by atoms with Gasteiger partial charge in [0.2, 0.25) is 0 Å². The van der Waals surface area contributed by atoms with Crippen molar-refractivity contribution in [2.45, 2.75) is 20.3 Å². The van der Waals surface area contributed by atoms with Gasteiger partial charge in [0.1, 0.15) is 5.82 Å². The van der Waals surface area contributed by atoms with Crippen molar-refractivity contribution in [2.75, 3.05) is 6.54 Å². The summed E-state index contributed by atoms with van der Waals surface area (Å²) in [6.07, 6.45) is 0.680. The van der Waals surface area contributed by atoms with Crippen LogP contribution in [0.25, 0.3) is 0 Å². The van der Waals surface area contributed by atoms with Crippen LogP contribution in [0.3, 0.4) is 0 Å². The molecule has 1 aromatic rings. The van der Waals surface area contributed by atoms with E-state index in [0.717, 1.165) is 0 Å². The Morgan fingerprint density at radius 2 is 1.93 bits per heavy atom. The molecule has 0 fully saturated rings. The van der Waals surface area contributed by atoms with Gasteiger partial charge in [-0.05, 0) is 30.7 Å². The number of carbonyl (C=O) groups is 1. The minimum atomic E-state index is -0.544. The zero-order valence-electron chi connectivity index (χ0n) is 9.09. The molecule has 15 heavy (non-hydrogen) atoms. The molecule has 0 saturated carbocycles. The molecule has 3 heteroatoms. The van der Waals surface area contributed by atoms with Gasteiger partial charge >= 0.3 is 0 Å². The highest BCUT2D eigenvalue weighted by Crippen LogP contribution is 2.25. The molecule has 0 radical (unpaired) electrons. The SMILES string of the molecule is CCC(C)(CN)C(=O)c1ccc(F)cc1. The summed E-state index contributed by atoms with van der Waals surface area (Å²) in [4.78, 5) is 12.0. The highest BCUT2D eigenvalue weighted by Gasteiger charge is 2.30. The van der Waals surface area contributed by atoms with E-state index >= 15 is 0 Å². The van der Waals surface area contributed by atoms with Crippen molar-refractivity contribution in [3.8, 4) is 0 Å². The molecule has 2 N–H and O–H groups in total. The van der Waals surface area contributed by atoms with E-state index in [0.29, 0.717) is 18.5 Å². The molecule has 82 valence electrons. The molecule has 1 unspecified atom stereocenters. The highest BCUT2D eigenvalue weighted by molar-refractivity contribution is 6.00. The van der Waals surface area contributed by atoms with Crippen molar-refractivity contribution in [2.24, 2.45) is 11.1 Å². The van der Waals surface area contributed by atoms with Crippen LogP contribution < -0.4 is 5.73 Å². The van der Waals surface area contributed by atoms with E-state index in [1.807, 2.05) is 13.8 Å². The Balaban J connectivity index is 2.98. The molecule has 1 rings (SSSR count). The first-order valence-electron chi connectivity index (χ1n) is 5.04. The van der Waals surface area contributed by atoms with Crippen LogP contribution >= 0.6 is 0 Å². The molecule has 0 aliphatic rings. The summed E-state index contributed by atoms with van der Waals surface area (Å²) >= 11 is 0. The highest BCUT2D eigenvalue weighted by atomic mass is 19.1. The number of rotatable bonds is 4. The van der Waals surface area contributed by atoms with Gasteiger partial charge < -0.3 is 5.73 Å². The zero-order chi connectivity index (χ0) is 11.5. The van der Waals surface area contributed by atoms with Crippen LogP contribution in [-0.2, 0) is 0 Å². The lowest BCUT2D eigenvalue weighted by molar-refractivity contribution is 0.0820. The van der Waals surface area contributed by atoms with Crippen molar-refractivity contribution < 1.29 is 9.18 Å². The maximum absolute atomic E-state index is 12.7. The molecular weight excluding hydrogens is 193 g/mol. The summed E-state index contributed by atoms with van der Waals surface area (Å²) in [7, 11) is 0. The molecule has 1 aromatic carbocycles. The molecule has 0 aliphatic carbocycles. The van der Waals surface area contributed by atoms with E-state index in [-0.39, 0.29) is 11.6 Å². The molecule has 0 saturated heterocycles. The first-order chi connectivity index (χ1) is 7.03. The van der Waals surface area contributed by atoms with E-state index in [2.05, 4.69) is 0 Å². The fourth-order valence-electron chi connectivity index (χ4n) is 1.35. The van der Waals surface area contributed by atoms with Crippen molar-refractivity contribution in [3.05, 3.63) is 35.6 Å². The quantitative estimate of drug-likeness (QED) is 0.774. The number of carbonyl (C=O) groups excluding carboxylic acids is 1. The van der Waals surface area contributed by atoms with E-state index in [1.54, 1.807) is 0 Å². The first kappa shape index (κ1) is 11.9. The van der Waals surface area contributed by atoms with Crippen molar-refractivity contribution in [1.29, 1.82) is 0 Å². The van der Waals surface area contributed by atoms with Gasteiger partial charge in [-0.15, -0.1) is 0 Å². The van der Waals surface area contributed by atoms with Crippen LogP contribution in [0.4, 0.5) is 4.39 Å². The van der Waals surface area contributed by atoms with Gasteiger partial charge in [-0.3, -0.25) is 4.79 Å². The van der Waals surface area contributed by atoms with Crippen molar-refractivity contribution >= 4 is 5.78 Å². The number of hydrogen-bond acceptors (Lipinski definition) is 2. The molecule has 0 spiro atoms. The predicted molar refractivity (Wildman–Crippen MR) is 58.2 cm³/mol. The van der Waals surface area contributed by atoms with Crippen LogP contribution in [0, 0.1) is 11.2 Å². The van der Waals surface area contributed by atoms with E-state index in [9.17, 15) is 9.18 Å². The van der Waals surface area contributed by atoms with Gasteiger partial charge in [-0.1, -0.05) is 13.8 Å².